The Labute approximate surface area is 205 Å². The Morgan fingerprint density at radius 1 is 1.06 bits per heavy atom. The van der Waals surface area contributed by atoms with Crippen LogP contribution in [0.4, 0.5) is 8.78 Å². The van der Waals surface area contributed by atoms with Gasteiger partial charge in [-0.15, -0.1) is 0 Å². The van der Waals surface area contributed by atoms with Crippen molar-refractivity contribution in [3.05, 3.63) is 70.2 Å². The lowest BCUT2D eigenvalue weighted by molar-refractivity contribution is -0.153. The van der Waals surface area contributed by atoms with Crippen molar-refractivity contribution in [2.75, 3.05) is 19.6 Å². The van der Waals surface area contributed by atoms with Gasteiger partial charge < -0.3 is 10.0 Å². The molecule has 1 unspecified atom stereocenters. The molecule has 0 bridgehead atoms. The molecule has 2 fully saturated rings. The van der Waals surface area contributed by atoms with Gasteiger partial charge in [0.2, 0.25) is 5.91 Å². The van der Waals surface area contributed by atoms with E-state index in [0.717, 1.165) is 11.6 Å². The van der Waals surface area contributed by atoms with Gasteiger partial charge in [-0.3, -0.25) is 9.69 Å². The maximum absolute atomic E-state index is 14.5. The summed E-state index contributed by atoms with van der Waals surface area (Å²) < 4.78 is 27.9. The fraction of sp³-hybridized carbons (Fsp3) is 0.519. The second-order valence-corrected chi connectivity index (χ2v) is 10.7. The number of nitrogens with zero attached hydrogens (tertiary/aromatic N) is 2. The normalized spacial score (nSPS) is 27.4. The van der Waals surface area contributed by atoms with Gasteiger partial charge in [0.05, 0.1) is 11.6 Å². The molecule has 0 aromatic heterocycles. The van der Waals surface area contributed by atoms with Gasteiger partial charge in [-0.05, 0) is 49.6 Å². The van der Waals surface area contributed by atoms with Crippen molar-refractivity contribution < 1.29 is 18.7 Å². The molecular weight excluding hydrogens is 458 g/mol. The largest absolute Gasteiger partial charge is 0.384 e. The van der Waals surface area contributed by atoms with Crippen LogP contribution in [0, 0.1) is 23.5 Å². The number of halogens is 3. The third kappa shape index (κ3) is 4.48. The van der Waals surface area contributed by atoms with E-state index < -0.39 is 17.2 Å². The first-order valence-corrected chi connectivity index (χ1v) is 12.4. The first-order chi connectivity index (χ1) is 16.0. The third-order valence-electron chi connectivity index (χ3n) is 7.80. The first kappa shape index (κ1) is 25.1. The molecule has 0 radical (unpaired) electrons. The molecule has 4 rings (SSSR count). The SMILES string of the molecule is CC(C)N1C[C@@H](c2ccc(F)cc2F)CC1C(=O)N1C[C@H](C)C(O)(c2ccc(Cl)cc2)[C@@H](C)C1. The van der Waals surface area contributed by atoms with E-state index in [0.29, 0.717) is 36.6 Å². The Balaban J connectivity index is 1.54. The zero-order chi connectivity index (χ0) is 24.8. The summed E-state index contributed by atoms with van der Waals surface area (Å²) in [6.07, 6.45) is 0.486. The van der Waals surface area contributed by atoms with E-state index in [-0.39, 0.29) is 35.7 Å². The Morgan fingerprint density at radius 2 is 1.68 bits per heavy atom. The van der Waals surface area contributed by atoms with Crippen molar-refractivity contribution >= 4 is 17.5 Å². The molecule has 0 spiro atoms. The van der Waals surface area contributed by atoms with Gasteiger partial charge in [0.15, 0.2) is 0 Å². The van der Waals surface area contributed by atoms with E-state index in [1.165, 1.54) is 12.1 Å². The number of likely N-dealkylation sites (tertiary alicyclic amines) is 2. The van der Waals surface area contributed by atoms with Crippen molar-refractivity contribution in [2.45, 2.75) is 57.7 Å². The number of benzene rings is 2. The Kier molecular flexibility index (Phi) is 7.05. The first-order valence-electron chi connectivity index (χ1n) is 12.0. The van der Waals surface area contributed by atoms with Gasteiger partial charge in [-0.1, -0.05) is 43.6 Å². The molecule has 2 saturated heterocycles. The van der Waals surface area contributed by atoms with E-state index in [4.69, 9.17) is 11.6 Å². The summed E-state index contributed by atoms with van der Waals surface area (Å²) in [7, 11) is 0. The lowest BCUT2D eigenvalue weighted by Crippen LogP contribution is -2.58. The molecule has 34 heavy (non-hydrogen) atoms. The zero-order valence-corrected chi connectivity index (χ0v) is 20.9. The van der Waals surface area contributed by atoms with Crippen molar-refractivity contribution in [3.8, 4) is 0 Å². The van der Waals surface area contributed by atoms with E-state index in [1.54, 1.807) is 12.1 Å². The molecule has 4 atom stereocenters. The fourth-order valence-electron chi connectivity index (χ4n) is 5.91. The molecule has 4 nitrogen and oxygen atoms in total. The molecular formula is C27H33ClF2N2O2. The predicted octanol–water partition coefficient (Wildman–Crippen LogP) is 5.19. The van der Waals surface area contributed by atoms with Crippen LogP contribution in [0.5, 0.6) is 0 Å². The maximum atomic E-state index is 14.5. The minimum atomic E-state index is -1.06. The van der Waals surface area contributed by atoms with Gasteiger partial charge in [0.1, 0.15) is 11.6 Å². The summed E-state index contributed by atoms with van der Waals surface area (Å²) >= 11 is 6.04. The predicted molar refractivity (Wildman–Crippen MR) is 130 cm³/mol. The fourth-order valence-corrected chi connectivity index (χ4v) is 6.03. The van der Waals surface area contributed by atoms with Crippen LogP contribution >= 0.6 is 11.6 Å². The highest BCUT2D eigenvalue weighted by Gasteiger charge is 2.49. The minimum Gasteiger partial charge on any atom is -0.384 e. The molecule has 184 valence electrons. The topological polar surface area (TPSA) is 43.8 Å². The lowest BCUT2D eigenvalue weighted by Gasteiger charge is -2.49. The Bertz CT molecular complexity index is 1030. The molecule has 2 aromatic rings. The van der Waals surface area contributed by atoms with Crippen molar-refractivity contribution in [2.24, 2.45) is 11.8 Å². The second kappa shape index (κ2) is 9.56. The quantitative estimate of drug-likeness (QED) is 0.641. The molecule has 2 aromatic carbocycles. The van der Waals surface area contributed by atoms with Gasteiger partial charge in [0, 0.05) is 54.5 Å². The Hall–Kier alpha value is -2.02. The van der Waals surface area contributed by atoms with Crippen LogP contribution in [-0.2, 0) is 10.4 Å². The van der Waals surface area contributed by atoms with Crippen LogP contribution in [-0.4, -0.2) is 52.5 Å². The van der Waals surface area contributed by atoms with Crippen LogP contribution in [0.15, 0.2) is 42.5 Å². The average molecular weight is 491 g/mol. The lowest BCUT2D eigenvalue weighted by atomic mass is 9.70. The summed E-state index contributed by atoms with van der Waals surface area (Å²) in [5.74, 6) is -1.69. The van der Waals surface area contributed by atoms with E-state index >= 15 is 0 Å². The minimum absolute atomic E-state index is 0.00979. The Morgan fingerprint density at radius 3 is 2.24 bits per heavy atom. The van der Waals surface area contributed by atoms with Gasteiger partial charge in [-0.2, -0.15) is 0 Å². The van der Waals surface area contributed by atoms with Crippen molar-refractivity contribution in [3.63, 3.8) is 0 Å². The number of hydrogen-bond acceptors (Lipinski definition) is 3. The van der Waals surface area contributed by atoms with Crippen LogP contribution in [0.3, 0.4) is 0 Å². The number of piperidine rings is 1. The van der Waals surface area contributed by atoms with Crippen LogP contribution < -0.4 is 0 Å². The smallest absolute Gasteiger partial charge is 0.239 e. The highest BCUT2D eigenvalue weighted by atomic mass is 35.5. The summed E-state index contributed by atoms with van der Waals surface area (Å²) in [6.45, 7) is 9.41. The van der Waals surface area contributed by atoms with Gasteiger partial charge in [-0.25, -0.2) is 8.78 Å². The highest BCUT2D eigenvalue weighted by Crippen LogP contribution is 2.43. The number of rotatable bonds is 4. The van der Waals surface area contributed by atoms with Gasteiger partial charge in [0.25, 0.3) is 0 Å². The number of carbonyl (C=O) groups excluding carboxylic acids is 1. The summed E-state index contributed by atoms with van der Waals surface area (Å²) in [4.78, 5) is 17.7. The summed E-state index contributed by atoms with van der Waals surface area (Å²) in [5.41, 5.74) is 0.203. The zero-order valence-electron chi connectivity index (χ0n) is 20.1. The average Bonchev–Trinajstić information content (AvgIpc) is 3.22. The molecule has 7 heteroatoms. The van der Waals surface area contributed by atoms with Crippen LogP contribution in [0.1, 0.15) is 51.2 Å². The molecule has 0 saturated carbocycles. The standard InChI is InChI=1S/C27H33ClF2N2O2/c1-16(2)32-15-19(23-10-9-22(29)12-24(23)30)11-25(32)26(33)31-13-17(3)27(34,18(4)14-31)20-5-7-21(28)8-6-20/h5-10,12,16-19,25,34H,11,13-15H2,1-4H3/t17-,18-,19-,25?/m0/s1. The summed E-state index contributed by atoms with van der Waals surface area (Å²) in [6, 6.07) is 10.7. The monoisotopic (exact) mass is 490 g/mol. The molecule has 2 aliphatic heterocycles. The molecule has 1 amide bonds. The molecule has 0 aliphatic carbocycles. The molecule has 2 aliphatic rings. The highest BCUT2D eigenvalue weighted by molar-refractivity contribution is 6.30. The van der Waals surface area contributed by atoms with Crippen molar-refractivity contribution in [1.82, 2.24) is 9.80 Å². The van der Waals surface area contributed by atoms with E-state index in [9.17, 15) is 18.7 Å². The second-order valence-electron chi connectivity index (χ2n) is 10.3. The molecule has 1 N–H and O–H groups in total. The summed E-state index contributed by atoms with van der Waals surface area (Å²) in [5, 5.41) is 12.3. The van der Waals surface area contributed by atoms with Crippen LogP contribution in [0.2, 0.25) is 5.02 Å². The number of amides is 1. The number of hydrogen-bond donors (Lipinski definition) is 1. The molecule has 2 heterocycles. The number of carbonyl (C=O) groups is 1. The van der Waals surface area contributed by atoms with Crippen molar-refractivity contribution in [1.29, 1.82) is 0 Å². The van der Waals surface area contributed by atoms with E-state index in [2.05, 4.69) is 4.90 Å². The number of aliphatic hydroxyl groups is 1. The third-order valence-corrected chi connectivity index (χ3v) is 8.05. The van der Waals surface area contributed by atoms with Crippen LogP contribution in [0.25, 0.3) is 0 Å². The maximum Gasteiger partial charge on any atom is 0.239 e. The van der Waals surface area contributed by atoms with E-state index in [1.807, 2.05) is 44.7 Å². The van der Waals surface area contributed by atoms with Gasteiger partial charge >= 0.3 is 0 Å².